The van der Waals surface area contributed by atoms with Gasteiger partial charge in [-0.25, -0.2) is 0 Å². The van der Waals surface area contributed by atoms with Crippen LogP contribution in [0.5, 0.6) is 0 Å². The first-order valence-electron chi connectivity index (χ1n) is 13.8. The predicted octanol–water partition coefficient (Wildman–Crippen LogP) is 7.35. The molecule has 6 atom stereocenters. The fraction of sp³-hybridized carbons (Fsp3) is 0.833. The maximum Gasteiger partial charge on any atom is 0.319 e. The van der Waals surface area contributed by atoms with Gasteiger partial charge in [-0.1, -0.05) is 50.5 Å². The molecule has 4 aliphatic rings. The van der Waals surface area contributed by atoms with Gasteiger partial charge in [0.2, 0.25) is 0 Å². The lowest BCUT2D eigenvalue weighted by atomic mass is 9.46. The van der Waals surface area contributed by atoms with E-state index in [2.05, 4.69) is 47.6 Å². The van der Waals surface area contributed by atoms with Crippen LogP contribution in [0.2, 0.25) is 0 Å². The van der Waals surface area contributed by atoms with Crippen molar-refractivity contribution in [3.05, 3.63) is 22.8 Å². The second kappa shape index (κ2) is 9.17. The number of carbonyl (C=O) groups excluding carboxylic acids is 1. The minimum absolute atomic E-state index is 0.000246. The van der Waals surface area contributed by atoms with Crippen LogP contribution < -0.4 is 5.73 Å². The summed E-state index contributed by atoms with van der Waals surface area (Å²) in [6.07, 6.45) is 16.5. The second-order valence-corrected chi connectivity index (χ2v) is 13.1. The third-order valence-corrected chi connectivity index (χ3v) is 10.8. The minimum Gasteiger partial charge on any atom is -0.461 e. The van der Waals surface area contributed by atoms with Crippen LogP contribution in [0.3, 0.4) is 0 Å². The van der Waals surface area contributed by atoms with Crippen molar-refractivity contribution in [2.75, 3.05) is 6.54 Å². The lowest BCUT2D eigenvalue weighted by Crippen LogP contribution is -2.54. The zero-order valence-electron chi connectivity index (χ0n) is 22.3. The summed E-state index contributed by atoms with van der Waals surface area (Å²) in [5.74, 6) is 2.04. The van der Waals surface area contributed by atoms with Gasteiger partial charge in [-0.05, 0) is 113 Å². The third kappa shape index (κ3) is 4.26. The molecule has 6 unspecified atom stereocenters. The van der Waals surface area contributed by atoms with Gasteiger partial charge in [-0.3, -0.25) is 4.79 Å². The number of hydrogen-bond acceptors (Lipinski definition) is 3. The van der Waals surface area contributed by atoms with Crippen molar-refractivity contribution in [3.63, 3.8) is 0 Å². The average Bonchev–Trinajstić information content (AvgIpc) is 3.09. The second-order valence-electron chi connectivity index (χ2n) is 13.1. The van der Waals surface area contributed by atoms with E-state index in [1.165, 1.54) is 63.4 Å². The Morgan fingerprint density at radius 1 is 1.06 bits per heavy atom. The Hall–Kier alpha value is -1.09. The van der Waals surface area contributed by atoms with Crippen LogP contribution in [0.1, 0.15) is 112 Å². The molecule has 186 valence electrons. The minimum atomic E-state index is -0.248. The average molecular weight is 456 g/mol. The Labute approximate surface area is 203 Å². The van der Waals surface area contributed by atoms with Gasteiger partial charge >= 0.3 is 5.97 Å². The van der Waals surface area contributed by atoms with Crippen molar-refractivity contribution >= 4 is 5.97 Å². The number of allylic oxidation sites excluding steroid dienone is 4. The summed E-state index contributed by atoms with van der Waals surface area (Å²) in [6.45, 7) is 14.3. The van der Waals surface area contributed by atoms with Gasteiger partial charge in [0.05, 0.1) is 6.54 Å². The number of fused-ring (bicyclic) bond motifs is 4. The first-order valence-corrected chi connectivity index (χ1v) is 13.8. The zero-order valence-corrected chi connectivity index (χ0v) is 22.3. The van der Waals surface area contributed by atoms with Crippen LogP contribution >= 0.6 is 0 Å². The Bertz CT molecular complexity index is 819. The third-order valence-electron chi connectivity index (χ3n) is 10.8. The van der Waals surface area contributed by atoms with Crippen LogP contribution in [-0.2, 0) is 9.53 Å². The quantitative estimate of drug-likeness (QED) is 0.259. The van der Waals surface area contributed by atoms with Gasteiger partial charge in [0.25, 0.3) is 0 Å². The van der Waals surface area contributed by atoms with Crippen molar-refractivity contribution in [1.82, 2.24) is 0 Å². The number of nitrogens with two attached hydrogens (primary N) is 1. The van der Waals surface area contributed by atoms with Crippen LogP contribution in [-0.4, -0.2) is 18.6 Å². The molecule has 2 N–H and O–H groups in total. The highest BCUT2D eigenvalue weighted by molar-refractivity contribution is 5.71. The zero-order chi connectivity index (χ0) is 24.0. The predicted molar refractivity (Wildman–Crippen MR) is 137 cm³/mol. The molecule has 4 rings (SSSR count). The summed E-state index contributed by atoms with van der Waals surface area (Å²) in [5, 5.41) is 0. The molecule has 0 amide bonds. The van der Waals surface area contributed by atoms with Gasteiger partial charge in [-0.15, -0.1) is 0 Å². The first-order chi connectivity index (χ1) is 15.5. The van der Waals surface area contributed by atoms with E-state index in [9.17, 15) is 4.79 Å². The van der Waals surface area contributed by atoms with Gasteiger partial charge in [0.1, 0.15) is 6.10 Å². The summed E-state index contributed by atoms with van der Waals surface area (Å²) in [6, 6.07) is 0. The highest BCUT2D eigenvalue weighted by Gasteiger charge is 2.59. The molecule has 0 aromatic carbocycles. The molecule has 0 aromatic rings. The van der Waals surface area contributed by atoms with Crippen molar-refractivity contribution < 1.29 is 9.53 Å². The standard InChI is InChI=1S/C30H49NO2/c1-20(2)9-7-8-10-21-11-13-23-22-12-14-25-28(3,4)26(33-27(32)19-31)16-18-30(25,6)24(22)15-17-29(21,23)5/h9,21,23,25-26H,7-8,10-19,31H2,1-6H3. The molecule has 3 nitrogen and oxygen atoms in total. The fourth-order valence-corrected chi connectivity index (χ4v) is 9.03. The Balaban J connectivity index is 1.53. The molecule has 33 heavy (non-hydrogen) atoms. The molecule has 3 heteroatoms. The number of unbranched alkanes of at least 4 members (excludes halogenated alkanes) is 1. The van der Waals surface area contributed by atoms with E-state index in [1.54, 1.807) is 0 Å². The number of carbonyl (C=O) groups is 1. The van der Waals surface area contributed by atoms with E-state index >= 15 is 0 Å². The molecule has 0 saturated heterocycles. The van der Waals surface area contributed by atoms with E-state index in [4.69, 9.17) is 10.5 Å². The summed E-state index contributed by atoms with van der Waals surface area (Å²) < 4.78 is 5.86. The van der Waals surface area contributed by atoms with Crippen molar-refractivity contribution in [1.29, 1.82) is 0 Å². The topological polar surface area (TPSA) is 52.3 Å². The Morgan fingerprint density at radius 2 is 1.82 bits per heavy atom. The maximum atomic E-state index is 12.0. The highest BCUT2D eigenvalue weighted by Crippen LogP contribution is 2.67. The smallest absolute Gasteiger partial charge is 0.319 e. The summed E-state index contributed by atoms with van der Waals surface area (Å²) >= 11 is 0. The van der Waals surface area contributed by atoms with E-state index in [1.807, 2.05) is 11.1 Å². The summed E-state index contributed by atoms with van der Waals surface area (Å²) in [4.78, 5) is 12.0. The van der Waals surface area contributed by atoms with Crippen LogP contribution in [0.4, 0.5) is 0 Å². The van der Waals surface area contributed by atoms with Gasteiger partial charge < -0.3 is 10.5 Å². The van der Waals surface area contributed by atoms with Crippen molar-refractivity contribution in [2.24, 2.45) is 39.7 Å². The monoisotopic (exact) mass is 455 g/mol. The van der Waals surface area contributed by atoms with E-state index in [0.29, 0.717) is 11.3 Å². The van der Waals surface area contributed by atoms with Crippen molar-refractivity contribution in [3.8, 4) is 0 Å². The molecule has 2 saturated carbocycles. The normalized spacial score (nSPS) is 39.4. The molecule has 0 bridgehead atoms. The van der Waals surface area contributed by atoms with E-state index in [0.717, 1.165) is 24.7 Å². The number of ether oxygens (including phenoxy) is 1. The van der Waals surface area contributed by atoms with Gasteiger partial charge in [0.15, 0.2) is 0 Å². The first kappa shape index (κ1) is 25.0. The van der Waals surface area contributed by atoms with Gasteiger partial charge in [0, 0.05) is 5.41 Å². The molecular formula is C30H49NO2. The van der Waals surface area contributed by atoms with E-state index in [-0.39, 0.29) is 29.4 Å². The molecule has 0 aliphatic heterocycles. The number of rotatable bonds is 6. The van der Waals surface area contributed by atoms with Crippen LogP contribution in [0.15, 0.2) is 22.8 Å². The lowest BCUT2D eigenvalue weighted by molar-refractivity contribution is -0.167. The summed E-state index contributed by atoms with van der Waals surface area (Å²) in [7, 11) is 0. The molecule has 2 fully saturated rings. The molecular weight excluding hydrogens is 406 g/mol. The number of esters is 1. The van der Waals surface area contributed by atoms with Crippen molar-refractivity contribution in [2.45, 2.75) is 118 Å². The summed E-state index contributed by atoms with van der Waals surface area (Å²) in [5.41, 5.74) is 11.5. The Morgan fingerprint density at radius 3 is 2.52 bits per heavy atom. The van der Waals surface area contributed by atoms with Gasteiger partial charge in [-0.2, -0.15) is 0 Å². The lowest BCUT2D eigenvalue weighted by Gasteiger charge is -2.60. The molecule has 0 heterocycles. The molecule has 4 aliphatic carbocycles. The van der Waals surface area contributed by atoms with Crippen LogP contribution in [0.25, 0.3) is 0 Å². The fourth-order valence-electron chi connectivity index (χ4n) is 9.03. The SMILES string of the molecule is CC(C)=CCCCC1CCC2C3=C(CCC12C)C1(C)CCC(OC(=O)CN)C(C)(C)C1CC3. The molecule has 0 spiro atoms. The maximum absolute atomic E-state index is 12.0. The molecule has 0 radical (unpaired) electrons. The Kier molecular flexibility index (Phi) is 6.95. The largest absolute Gasteiger partial charge is 0.461 e. The van der Waals surface area contributed by atoms with E-state index < -0.39 is 0 Å². The highest BCUT2D eigenvalue weighted by atomic mass is 16.5. The molecule has 0 aromatic heterocycles. The number of hydrogen-bond donors (Lipinski definition) is 1. The van der Waals surface area contributed by atoms with Crippen LogP contribution in [0, 0.1) is 34.0 Å².